The number of nitrogens with two attached hydrogens (primary N) is 1. The lowest BCUT2D eigenvalue weighted by molar-refractivity contribution is -0.160. The van der Waals surface area contributed by atoms with Crippen molar-refractivity contribution in [3.63, 3.8) is 0 Å². The van der Waals surface area contributed by atoms with Gasteiger partial charge in [-0.05, 0) is 52.0 Å². The number of carbonyl (C=O) groups is 2. The highest BCUT2D eigenvalue weighted by molar-refractivity contribution is 6.04. The Morgan fingerprint density at radius 1 is 1.07 bits per heavy atom. The molecule has 3 rings (SSSR count). The van der Waals surface area contributed by atoms with Crippen LogP contribution < -0.4 is 11.1 Å². The Morgan fingerprint density at radius 2 is 1.79 bits per heavy atom. The number of nitrogen functional groups attached to an aromatic ring is 1. The second-order valence-corrected chi connectivity index (χ2v) is 7.77. The molecule has 3 aromatic rings. The normalized spacial score (nSPS) is 12.4. The molecule has 1 heterocycles. The van der Waals surface area contributed by atoms with Gasteiger partial charge in [0.15, 0.2) is 5.82 Å². The Balaban J connectivity index is 1.81. The molecule has 7 heteroatoms. The van der Waals surface area contributed by atoms with E-state index in [0.717, 1.165) is 10.9 Å². The predicted molar refractivity (Wildman–Crippen MR) is 113 cm³/mol. The molecule has 0 saturated heterocycles. The fraction of sp³-hybridized carbons (Fsp3) is 0.273. The van der Waals surface area contributed by atoms with Crippen molar-refractivity contribution < 1.29 is 14.3 Å². The van der Waals surface area contributed by atoms with Crippen molar-refractivity contribution in [1.29, 1.82) is 0 Å². The maximum absolute atomic E-state index is 12.5. The molecule has 0 aliphatic heterocycles. The van der Waals surface area contributed by atoms with Gasteiger partial charge in [0.25, 0.3) is 0 Å². The lowest BCUT2D eigenvalue weighted by Gasteiger charge is -2.22. The standard InChI is InChI=1S/C22H24N4O3/c1-13(21(28)29-22(2,3)4)20(27)24-15-9-7-8-14(12-15)19-25-17-11-6-5-10-16(17)18(23)26-19/h5-13H,1-4H3,(H,24,27)(H2,23,25,26)/t13-/m0/s1. The van der Waals surface area contributed by atoms with Crippen LogP contribution in [0.4, 0.5) is 11.5 Å². The number of rotatable bonds is 4. The summed E-state index contributed by atoms with van der Waals surface area (Å²) in [4.78, 5) is 33.5. The Bertz CT molecular complexity index is 1070. The fourth-order valence-electron chi connectivity index (χ4n) is 2.71. The van der Waals surface area contributed by atoms with Gasteiger partial charge < -0.3 is 15.8 Å². The second kappa shape index (κ2) is 7.87. The smallest absolute Gasteiger partial charge is 0.318 e. The third-order valence-electron chi connectivity index (χ3n) is 4.17. The van der Waals surface area contributed by atoms with Gasteiger partial charge in [0.05, 0.1) is 5.52 Å². The van der Waals surface area contributed by atoms with Gasteiger partial charge in [-0.25, -0.2) is 9.97 Å². The number of hydrogen-bond donors (Lipinski definition) is 2. The number of nitrogens with zero attached hydrogens (tertiary/aromatic N) is 2. The first-order chi connectivity index (χ1) is 13.6. The number of hydrogen-bond acceptors (Lipinski definition) is 6. The number of nitrogens with one attached hydrogen (secondary N) is 1. The van der Waals surface area contributed by atoms with E-state index >= 15 is 0 Å². The average molecular weight is 392 g/mol. The molecule has 1 aromatic heterocycles. The van der Waals surface area contributed by atoms with Crippen LogP contribution in [0.5, 0.6) is 0 Å². The largest absolute Gasteiger partial charge is 0.459 e. The minimum atomic E-state index is -0.939. The highest BCUT2D eigenvalue weighted by Gasteiger charge is 2.27. The lowest BCUT2D eigenvalue weighted by Crippen LogP contribution is -2.33. The number of para-hydroxylation sites is 1. The van der Waals surface area contributed by atoms with Gasteiger partial charge >= 0.3 is 5.97 Å². The first-order valence-corrected chi connectivity index (χ1v) is 9.30. The van der Waals surface area contributed by atoms with Crippen LogP contribution in [0.15, 0.2) is 48.5 Å². The molecule has 29 heavy (non-hydrogen) atoms. The number of aromatic nitrogens is 2. The van der Waals surface area contributed by atoms with Crippen LogP contribution in [0.2, 0.25) is 0 Å². The molecule has 3 N–H and O–H groups in total. The van der Waals surface area contributed by atoms with Crippen LogP contribution in [-0.2, 0) is 14.3 Å². The molecule has 1 amide bonds. The highest BCUT2D eigenvalue weighted by atomic mass is 16.6. The Morgan fingerprint density at radius 3 is 2.52 bits per heavy atom. The van der Waals surface area contributed by atoms with E-state index in [1.165, 1.54) is 6.92 Å². The van der Waals surface area contributed by atoms with Crippen LogP contribution in [0, 0.1) is 5.92 Å². The average Bonchev–Trinajstić information content (AvgIpc) is 2.66. The molecule has 0 unspecified atom stereocenters. The summed E-state index contributed by atoms with van der Waals surface area (Å²) in [6.07, 6.45) is 0. The summed E-state index contributed by atoms with van der Waals surface area (Å²) in [5.74, 6) is -1.12. The van der Waals surface area contributed by atoms with Gasteiger partial charge in [-0.15, -0.1) is 0 Å². The Hall–Kier alpha value is -3.48. The number of carbonyl (C=O) groups excluding carboxylic acids is 2. The van der Waals surface area contributed by atoms with E-state index in [4.69, 9.17) is 10.5 Å². The van der Waals surface area contributed by atoms with E-state index in [2.05, 4.69) is 15.3 Å². The van der Waals surface area contributed by atoms with Crippen molar-refractivity contribution >= 4 is 34.3 Å². The summed E-state index contributed by atoms with van der Waals surface area (Å²) >= 11 is 0. The quantitative estimate of drug-likeness (QED) is 0.517. The van der Waals surface area contributed by atoms with Crippen molar-refractivity contribution in [3.05, 3.63) is 48.5 Å². The molecule has 1 atom stereocenters. The SMILES string of the molecule is C[C@@H](C(=O)Nc1cccc(-c2nc(N)c3ccccc3n2)c1)C(=O)OC(C)(C)C. The van der Waals surface area contributed by atoms with E-state index < -0.39 is 23.4 Å². The summed E-state index contributed by atoms with van der Waals surface area (Å²) in [6, 6.07) is 14.6. The van der Waals surface area contributed by atoms with Crippen molar-refractivity contribution in [2.45, 2.75) is 33.3 Å². The van der Waals surface area contributed by atoms with Crippen LogP contribution in [-0.4, -0.2) is 27.4 Å². The predicted octanol–water partition coefficient (Wildman–Crippen LogP) is 3.80. The van der Waals surface area contributed by atoms with Gasteiger partial charge in [-0.1, -0.05) is 24.3 Å². The van der Waals surface area contributed by atoms with Crippen molar-refractivity contribution in [1.82, 2.24) is 9.97 Å². The second-order valence-electron chi connectivity index (χ2n) is 7.77. The monoisotopic (exact) mass is 392 g/mol. The molecule has 0 aliphatic rings. The number of amides is 1. The molecule has 7 nitrogen and oxygen atoms in total. The van der Waals surface area contributed by atoms with Crippen LogP contribution in [0.3, 0.4) is 0 Å². The number of esters is 1. The van der Waals surface area contributed by atoms with Gasteiger partial charge in [-0.2, -0.15) is 0 Å². The molecule has 0 aliphatic carbocycles. The number of fused-ring (bicyclic) bond motifs is 1. The van der Waals surface area contributed by atoms with E-state index in [-0.39, 0.29) is 0 Å². The Kier molecular flexibility index (Phi) is 5.50. The van der Waals surface area contributed by atoms with Crippen molar-refractivity contribution in [2.75, 3.05) is 11.1 Å². The summed E-state index contributed by atoms with van der Waals surface area (Å²) in [5, 5.41) is 3.53. The molecule has 2 aromatic carbocycles. The maximum Gasteiger partial charge on any atom is 0.318 e. The number of ether oxygens (including phenoxy) is 1. The van der Waals surface area contributed by atoms with Crippen molar-refractivity contribution in [3.8, 4) is 11.4 Å². The summed E-state index contributed by atoms with van der Waals surface area (Å²) in [6.45, 7) is 6.79. The topological polar surface area (TPSA) is 107 Å². The Labute approximate surface area is 169 Å². The van der Waals surface area contributed by atoms with Gasteiger partial charge in [0.1, 0.15) is 17.3 Å². The van der Waals surface area contributed by atoms with Gasteiger partial charge in [0.2, 0.25) is 5.91 Å². The molecule has 0 spiro atoms. The number of benzene rings is 2. The first-order valence-electron chi connectivity index (χ1n) is 9.30. The minimum absolute atomic E-state index is 0.388. The molecule has 150 valence electrons. The van der Waals surface area contributed by atoms with E-state index in [1.54, 1.807) is 39.0 Å². The van der Waals surface area contributed by atoms with E-state index in [0.29, 0.717) is 22.9 Å². The van der Waals surface area contributed by atoms with Crippen LogP contribution in [0.25, 0.3) is 22.3 Å². The summed E-state index contributed by atoms with van der Waals surface area (Å²) < 4.78 is 5.27. The third-order valence-corrected chi connectivity index (χ3v) is 4.17. The lowest BCUT2D eigenvalue weighted by atomic mass is 10.1. The summed E-state index contributed by atoms with van der Waals surface area (Å²) in [5.41, 5.74) is 7.37. The highest BCUT2D eigenvalue weighted by Crippen LogP contribution is 2.25. The van der Waals surface area contributed by atoms with E-state index in [1.807, 2.05) is 30.3 Å². The van der Waals surface area contributed by atoms with Gasteiger partial charge in [0, 0.05) is 16.6 Å². The molecule has 0 saturated carbocycles. The fourth-order valence-corrected chi connectivity index (χ4v) is 2.71. The third kappa shape index (κ3) is 4.87. The zero-order chi connectivity index (χ0) is 21.2. The molecular weight excluding hydrogens is 368 g/mol. The maximum atomic E-state index is 12.5. The minimum Gasteiger partial charge on any atom is -0.459 e. The molecule has 0 radical (unpaired) electrons. The van der Waals surface area contributed by atoms with E-state index in [9.17, 15) is 9.59 Å². The number of anilines is 2. The molecule has 0 bridgehead atoms. The van der Waals surface area contributed by atoms with Crippen LogP contribution in [0.1, 0.15) is 27.7 Å². The zero-order valence-corrected chi connectivity index (χ0v) is 16.9. The first kappa shape index (κ1) is 20.3. The van der Waals surface area contributed by atoms with Gasteiger partial charge in [-0.3, -0.25) is 9.59 Å². The summed E-state index contributed by atoms with van der Waals surface area (Å²) in [7, 11) is 0. The molecular formula is C22H24N4O3. The van der Waals surface area contributed by atoms with Crippen LogP contribution >= 0.6 is 0 Å². The van der Waals surface area contributed by atoms with Crippen molar-refractivity contribution in [2.24, 2.45) is 5.92 Å². The zero-order valence-electron chi connectivity index (χ0n) is 16.9. The molecule has 0 fully saturated rings.